The highest BCUT2D eigenvalue weighted by atomic mass is 19.3. The zero-order chi connectivity index (χ0) is 19.1. The van der Waals surface area contributed by atoms with Crippen LogP contribution in [0.2, 0.25) is 0 Å². The summed E-state index contributed by atoms with van der Waals surface area (Å²) in [5, 5.41) is 5.50. The van der Waals surface area contributed by atoms with Crippen molar-refractivity contribution in [3.63, 3.8) is 0 Å². The third-order valence-corrected chi connectivity index (χ3v) is 3.47. The Labute approximate surface area is 150 Å². The maximum absolute atomic E-state index is 12.1. The fourth-order valence-electron chi connectivity index (χ4n) is 2.10. The minimum absolute atomic E-state index is 0.0446. The van der Waals surface area contributed by atoms with Crippen LogP contribution in [0.1, 0.15) is 19.4 Å². The highest BCUT2D eigenvalue weighted by molar-refractivity contribution is 5.94. The van der Waals surface area contributed by atoms with Crippen LogP contribution in [-0.2, 0) is 16.0 Å². The molecule has 0 unspecified atom stereocenters. The first-order chi connectivity index (χ1) is 12.3. The molecule has 2 amide bonds. The van der Waals surface area contributed by atoms with Crippen molar-refractivity contribution in [2.45, 2.75) is 26.9 Å². The molecule has 7 heteroatoms. The Morgan fingerprint density at radius 2 is 1.46 bits per heavy atom. The van der Waals surface area contributed by atoms with Crippen molar-refractivity contribution in [3.8, 4) is 5.75 Å². The second-order valence-corrected chi connectivity index (χ2v) is 5.97. The topological polar surface area (TPSA) is 67.4 Å². The molecule has 138 valence electrons. The van der Waals surface area contributed by atoms with E-state index < -0.39 is 6.61 Å². The van der Waals surface area contributed by atoms with Crippen molar-refractivity contribution in [1.29, 1.82) is 0 Å². The Morgan fingerprint density at radius 1 is 0.923 bits per heavy atom. The van der Waals surface area contributed by atoms with Gasteiger partial charge in [-0.15, -0.1) is 0 Å². The molecule has 0 aromatic heterocycles. The molecule has 0 fully saturated rings. The smallest absolute Gasteiger partial charge is 0.387 e. The first-order valence-corrected chi connectivity index (χ1v) is 8.08. The molecule has 0 radical (unpaired) electrons. The molecule has 0 aliphatic rings. The van der Waals surface area contributed by atoms with Crippen LogP contribution in [0.25, 0.3) is 0 Å². The average Bonchev–Trinajstić information content (AvgIpc) is 2.57. The number of alkyl halides is 2. The molecule has 26 heavy (non-hydrogen) atoms. The number of nitrogens with one attached hydrogen (secondary N) is 2. The van der Waals surface area contributed by atoms with Gasteiger partial charge in [0.1, 0.15) is 5.75 Å². The number of ether oxygens (including phenoxy) is 1. The molecule has 2 rings (SSSR count). The lowest BCUT2D eigenvalue weighted by molar-refractivity contribution is -0.119. The summed E-state index contributed by atoms with van der Waals surface area (Å²) in [6.45, 7) is 0.726. The van der Waals surface area contributed by atoms with Gasteiger partial charge in [0.15, 0.2) is 0 Å². The van der Waals surface area contributed by atoms with E-state index in [0.29, 0.717) is 16.9 Å². The molecule has 2 aromatic carbocycles. The summed E-state index contributed by atoms with van der Waals surface area (Å²) in [7, 11) is 0. The number of halogens is 2. The molecule has 0 heterocycles. The first kappa shape index (κ1) is 19.4. The van der Waals surface area contributed by atoms with Gasteiger partial charge in [0, 0.05) is 17.3 Å². The SMILES string of the molecule is CC(C)C(=O)Nc1ccc(NC(=O)Cc2ccc(OC(F)F)cc2)cc1. The molecule has 2 aromatic rings. The van der Waals surface area contributed by atoms with Crippen LogP contribution in [-0.4, -0.2) is 18.4 Å². The van der Waals surface area contributed by atoms with Crippen LogP contribution in [0.5, 0.6) is 5.75 Å². The summed E-state index contributed by atoms with van der Waals surface area (Å²) in [5.41, 5.74) is 1.91. The van der Waals surface area contributed by atoms with Crippen molar-refractivity contribution >= 4 is 23.2 Å². The molecule has 0 atom stereocenters. The van der Waals surface area contributed by atoms with Crippen molar-refractivity contribution < 1.29 is 23.1 Å². The van der Waals surface area contributed by atoms with Gasteiger partial charge < -0.3 is 15.4 Å². The van der Waals surface area contributed by atoms with E-state index in [9.17, 15) is 18.4 Å². The van der Waals surface area contributed by atoms with E-state index in [2.05, 4.69) is 15.4 Å². The molecular weight excluding hydrogens is 342 g/mol. The average molecular weight is 362 g/mol. The highest BCUT2D eigenvalue weighted by Crippen LogP contribution is 2.17. The Bertz CT molecular complexity index is 744. The molecule has 5 nitrogen and oxygen atoms in total. The van der Waals surface area contributed by atoms with E-state index in [1.165, 1.54) is 12.1 Å². The predicted molar refractivity (Wildman–Crippen MR) is 95.3 cm³/mol. The number of carbonyl (C=O) groups is 2. The molecule has 0 bridgehead atoms. The number of hydrogen-bond donors (Lipinski definition) is 2. The summed E-state index contributed by atoms with van der Waals surface area (Å²) in [5.74, 6) is -0.400. The minimum atomic E-state index is -2.88. The van der Waals surface area contributed by atoms with Crippen LogP contribution in [0.4, 0.5) is 20.2 Å². The van der Waals surface area contributed by atoms with E-state index in [1.807, 2.05) is 0 Å². The van der Waals surface area contributed by atoms with Gasteiger partial charge in [-0.2, -0.15) is 8.78 Å². The highest BCUT2D eigenvalue weighted by Gasteiger charge is 2.09. The van der Waals surface area contributed by atoms with Gasteiger partial charge in [0.05, 0.1) is 6.42 Å². The van der Waals surface area contributed by atoms with E-state index in [-0.39, 0.29) is 29.9 Å². The first-order valence-electron chi connectivity index (χ1n) is 8.08. The fourth-order valence-corrected chi connectivity index (χ4v) is 2.10. The molecular formula is C19H20F2N2O3. The summed E-state index contributed by atoms with van der Waals surface area (Å²) < 4.78 is 28.5. The third kappa shape index (κ3) is 6.16. The zero-order valence-corrected chi connectivity index (χ0v) is 14.5. The van der Waals surface area contributed by atoms with Crippen molar-refractivity contribution in [2.24, 2.45) is 5.92 Å². The zero-order valence-electron chi connectivity index (χ0n) is 14.5. The monoisotopic (exact) mass is 362 g/mol. The summed E-state index contributed by atoms with van der Waals surface area (Å²) in [4.78, 5) is 23.7. The van der Waals surface area contributed by atoms with Gasteiger partial charge in [0.25, 0.3) is 0 Å². The second-order valence-electron chi connectivity index (χ2n) is 5.97. The van der Waals surface area contributed by atoms with Crippen molar-refractivity contribution in [3.05, 3.63) is 54.1 Å². The normalized spacial score (nSPS) is 10.7. The quantitative estimate of drug-likeness (QED) is 0.780. The van der Waals surface area contributed by atoms with Gasteiger partial charge in [-0.05, 0) is 42.0 Å². The molecule has 0 spiro atoms. The largest absolute Gasteiger partial charge is 0.435 e. The van der Waals surface area contributed by atoms with Gasteiger partial charge in [0.2, 0.25) is 11.8 Å². The molecule has 0 saturated carbocycles. The van der Waals surface area contributed by atoms with E-state index >= 15 is 0 Å². The third-order valence-electron chi connectivity index (χ3n) is 3.47. The lowest BCUT2D eigenvalue weighted by Crippen LogP contribution is -2.18. The number of anilines is 2. The Morgan fingerprint density at radius 3 is 1.96 bits per heavy atom. The number of hydrogen-bond acceptors (Lipinski definition) is 3. The van der Waals surface area contributed by atoms with Crippen LogP contribution in [0.15, 0.2) is 48.5 Å². The summed E-state index contributed by atoms with van der Waals surface area (Å²) in [6.07, 6.45) is 0.0980. The van der Waals surface area contributed by atoms with Crippen LogP contribution >= 0.6 is 0 Å². The number of amides is 2. The molecule has 0 aliphatic heterocycles. The molecule has 0 saturated heterocycles. The minimum Gasteiger partial charge on any atom is -0.435 e. The van der Waals surface area contributed by atoms with Crippen molar-refractivity contribution in [2.75, 3.05) is 10.6 Å². The fraction of sp³-hybridized carbons (Fsp3) is 0.263. The lowest BCUT2D eigenvalue weighted by Gasteiger charge is -2.10. The number of benzene rings is 2. The van der Waals surface area contributed by atoms with E-state index in [1.54, 1.807) is 50.2 Å². The molecule has 2 N–H and O–H groups in total. The van der Waals surface area contributed by atoms with Gasteiger partial charge >= 0.3 is 6.61 Å². The lowest BCUT2D eigenvalue weighted by atomic mass is 10.1. The summed E-state index contributed by atoms with van der Waals surface area (Å²) in [6, 6.07) is 12.7. The van der Waals surface area contributed by atoms with Crippen LogP contribution in [0.3, 0.4) is 0 Å². The van der Waals surface area contributed by atoms with Crippen LogP contribution in [0, 0.1) is 5.92 Å². The maximum Gasteiger partial charge on any atom is 0.387 e. The van der Waals surface area contributed by atoms with Gasteiger partial charge in [-0.1, -0.05) is 26.0 Å². The second kappa shape index (κ2) is 8.94. The Balaban J connectivity index is 1.88. The predicted octanol–water partition coefficient (Wildman–Crippen LogP) is 4.06. The van der Waals surface area contributed by atoms with Crippen LogP contribution < -0.4 is 15.4 Å². The Kier molecular flexibility index (Phi) is 6.66. The standard InChI is InChI=1S/C19H20F2N2O3/c1-12(2)18(25)23-15-7-5-14(6-8-15)22-17(24)11-13-3-9-16(10-4-13)26-19(20)21/h3-10,12,19H,11H2,1-2H3,(H,22,24)(H,23,25). The Hall–Kier alpha value is -2.96. The maximum atomic E-state index is 12.1. The summed E-state index contributed by atoms with van der Waals surface area (Å²) >= 11 is 0. The number of rotatable bonds is 7. The van der Waals surface area contributed by atoms with E-state index in [0.717, 1.165) is 0 Å². The molecule has 0 aliphatic carbocycles. The van der Waals surface area contributed by atoms with Gasteiger partial charge in [-0.3, -0.25) is 9.59 Å². The van der Waals surface area contributed by atoms with E-state index in [4.69, 9.17) is 0 Å². The van der Waals surface area contributed by atoms with Crippen molar-refractivity contribution in [1.82, 2.24) is 0 Å². The number of carbonyl (C=O) groups excluding carboxylic acids is 2. The van der Waals surface area contributed by atoms with Gasteiger partial charge in [-0.25, -0.2) is 0 Å².